The highest BCUT2D eigenvalue weighted by Crippen LogP contribution is 2.34. The third kappa shape index (κ3) is 1.62. The Kier molecular flexibility index (Phi) is 2.56. The predicted molar refractivity (Wildman–Crippen MR) is 77.2 cm³/mol. The van der Waals surface area contributed by atoms with Crippen LogP contribution in [0.25, 0.3) is 21.8 Å². The number of fused-ring (bicyclic) bond motifs is 3. The number of methoxy groups -OCH3 is 1. The normalized spacial score (nSPS) is 11.1. The van der Waals surface area contributed by atoms with E-state index in [0.29, 0.717) is 11.3 Å². The number of rotatable bonds is 2. The summed E-state index contributed by atoms with van der Waals surface area (Å²) in [6, 6.07) is 7.93. The zero-order chi connectivity index (χ0) is 13.6. The van der Waals surface area contributed by atoms with Gasteiger partial charge in [0.15, 0.2) is 6.29 Å². The van der Waals surface area contributed by atoms with Crippen LogP contribution >= 0.6 is 0 Å². The topological polar surface area (TPSA) is 42.1 Å². The number of nitrogens with one attached hydrogen (secondary N) is 1. The Morgan fingerprint density at radius 1 is 1.11 bits per heavy atom. The van der Waals surface area contributed by atoms with Gasteiger partial charge in [0.2, 0.25) is 0 Å². The summed E-state index contributed by atoms with van der Waals surface area (Å²) in [6.07, 6.45) is 0.866. The lowest BCUT2D eigenvalue weighted by Crippen LogP contribution is -1.87. The highest BCUT2D eigenvalue weighted by atomic mass is 16.5. The molecule has 0 unspecified atom stereocenters. The van der Waals surface area contributed by atoms with Crippen molar-refractivity contribution in [1.29, 1.82) is 0 Å². The molecule has 96 valence electrons. The molecule has 0 saturated heterocycles. The minimum atomic E-state index is 0.629. The number of carbonyl (C=O) groups excluding carboxylic acids is 1. The number of aromatic amines is 1. The number of aromatic nitrogens is 1. The summed E-state index contributed by atoms with van der Waals surface area (Å²) in [6.45, 7) is 4.14. The van der Waals surface area contributed by atoms with Gasteiger partial charge in [-0.15, -0.1) is 0 Å². The zero-order valence-corrected chi connectivity index (χ0v) is 11.2. The molecule has 1 aromatic heterocycles. The summed E-state index contributed by atoms with van der Waals surface area (Å²) in [7, 11) is 1.61. The van der Waals surface area contributed by atoms with Gasteiger partial charge in [-0.25, -0.2) is 0 Å². The number of hydrogen-bond acceptors (Lipinski definition) is 2. The number of ether oxygens (including phenoxy) is 1. The summed E-state index contributed by atoms with van der Waals surface area (Å²) in [5, 5.41) is 2.20. The summed E-state index contributed by atoms with van der Waals surface area (Å²) in [5.74, 6) is 0.705. The van der Waals surface area contributed by atoms with Crippen molar-refractivity contribution >= 4 is 28.1 Å². The van der Waals surface area contributed by atoms with E-state index >= 15 is 0 Å². The van der Waals surface area contributed by atoms with Crippen LogP contribution < -0.4 is 4.74 Å². The molecule has 0 spiro atoms. The largest absolute Gasteiger partial charge is 0.497 e. The zero-order valence-electron chi connectivity index (χ0n) is 11.2. The molecule has 2 aromatic carbocycles. The lowest BCUT2D eigenvalue weighted by atomic mass is 10.0. The standard InChI is InChI=1S/C16H15NO2/c1-9-4-5-10(2)15-14(9)13-7-12(19-3)6-11(8-18)16(13)17-15/h4-8,17H,1-3H3. The molecule has 3 nitrogen and oxygen atoms in total. The molecule has 0 fully saturated rings. The van der Waals surface area contributed by atoms with Gasteiger partial charge in [-0.05, 0) is 37.1 Å². The lowest BCUT2D eigenvalue weighted by Gasteiger charge is -2.03. The molecule has 1 heterocycles. The number of H-pyrrole nitrogens is 1. The fourth-order valence-corrected chi connectivity index (χ4v) is 2.63. The van der Waals surface area contributed by atoms with Crippen LogP contribution in [0.15, 0.2) is 24.3 Å². The van der Waals surface area contributed by atoms with Crippen LogP contribution in [-0.2, 0) is 0 Å². The molecule has 1 N–H and O–H groups in total. The van der Waals surface area contributed by atoms with E-state index in [4.69, 9.17) is 4.74 Å². The van der Waals surface area contributed by atoms with E-state index in [1.54, 1.807) is 13.2 Å². The number of benzene rings is 2. The van der Waals surface area contributed by atoms with Crippen molar-refractivity contribution in [2.45, 2.75) is 13.8 Å². The molecule has 3 aromatic rings. The number of hydrogen-bond donors (Lipinski definition) is 1. The van der Waals surface area contributed by atoms with Crippen molar-refractivity contribution in [1.82, 2.24) is 4.98 Å². The Morgan fingerprint density at radius 2 is 1.84 bits per heavy atom. The summed E-state index contributed by atoms with van der Waals surface area (Å²) < 4.78 is 5.28. The summed E-state index contributed by atoms with van der Waals surface area (Å²) >= 11 is 0. The molecule has 3 rings (SSSR count). The van der Waals surface area contributed by atoms with Crippen molar-refractivity contribution in [3.63, 3.8) is 0 Å². The van der Waals surface area contributed by atoms with Crippen LogP contribution in [0.4, 0.5) is 0 Å². The first-order valence-corrected chi connectivity index (χ1v) is 6.20. The Labute approximate surface area is 111 Å². The first-order chi connectivity index (χ1) is 9.15. The Bertz CT molecular complexity index is 799. The molecule has 0 aliphatic rings. The van der Waals surface area contributed by atoms with Crippen LogP contribution in [0.2, 0.25) is 0 Å². The minimum absolute atomic E-state index is 0.629. The Morgan fingerprint density at radius 3 is 2.53 bits per heavy atom. The van der Waals surface area contributed by atoms with E-state index in [9.17, 15) is 4.79 Å². The maximum absolute atomic E-state index is 11.3. The first kappa shape index (κ1) is 11.8. The fourth-order valence-electron chi connectivity index (χ4n) is 2.63. The van der Waals surface area contributed by atoms with Crippen LogP contribution in [-0.4, -0.2) is 18.4 Å². The van der Waals surface area contributed by atoms with Crippen molar-refractivity contribution < 1.29 is 9.53 Å². The maximum Gasteiger partial charge on any atom is 0.152 e. The fraction of sp³-hybridized carbons (Fsp3) is 0.188. The minimum Gasteiger partial charge on any atom is -0.497 e. The second-order valence-electron chi connectivity index (χ2n) is 4.83. The van der Waals surface area contributed by atoms with Gasteiger partial charge >= 0.3 is 0 Å². The van der Waals surface area contributed by atoms with E-state index in [0.717, 1.165) is 28.1 Å². The smallest absolute Gasteiger partial charge is 0.152 e. The lowest BCUT2D eigenvalue weighted by molar-refractivity contribution is 0.112. The molecule has 3 heteroatoms. The van der Waals surface area contributed by atoms with Crippen molar-refractivity contribution in [3.05, 3.63) is 41.0 Å². The van der Waals surface area contributed by atoms with Gasteiger partial charge in [0, 0.05) is 21.9 Å². The molecular formula is C16H15NO2. The van der Waals surface area contributed by atoms with E-state index < -0.39 is 0 Å². The van der Waals surface area contributed by atoms with Crippen molar-refractivity contribution in [3.8, 4) is 5.75 Å². The average Bonchev–Trinajstić information content (AvgIpc) is 2.82. The van der Waals surface area contributed by atoms with Crippen molar-refractivity contribution in [2.24, 2.45) is 0 Å². The van der Waals surface area contributed by atoms with E-state index in [1.165, 1.54) is 11.1 Å². The number of aldehydes is 1. The number of carbonyl (C=O) groups is 1. The second kappa shape index (κ2) is 4.12. The van der Waals surface area contributed by atoms with E-state index in [2.05, 4.69) is 31.0 Å². The summed E-state index contributed by atoms with van der Waals surface area (Å²) in [5.41, 5.74) is 4.96. The van der Waals surface area contributed by atoms with Crippen LogP contribution in [0.1, 0.15) is 21.5 Å². The van der Waals surface area contributed by atoms with Crippen LogP contribution in [0, 0.1) is 13.8 Å². The van der Waals surface area contributed by atoms with Crippen LogP contribution in [0.3, 0.4) is 0 Å². The van der Waals surface area contributed by atoms with Gasteiger partial charge < -0.3 is 9.72 Å². The molecule has 0 aliphatic heterocycles. The summed E-state index contributed by atoms with van der Waals surface area (Å²) in [4.78, 5) is 14.6. The second-order valence-corrected chi connectivity index (χ2v) is 4.83. The van der Waals surface area contributed by atoms with E-state index in [-0.39, 0.29) is 0 Å². The Balaban J connectivity index is 2.58. The molecule has 0 saturated carbocycles. The molecule has 0 bridgehead atoms. The molecule has 0 amide bonds. The predicted octanol–water partition coefficient (Wildman–Crippen LogP) is 3.76. The third-order valence-corrected chi connectivity index (χ3v) is 3.65. The highest BCUT2D eigenvalue weighted by Gasteiger charge is 2.13. The van der Waals surface area contributed by atoms with Gasteiger partial charge in [-0.3, -0.25) is 4.79 Å². The van der Waals surface area contributed by atoms with Gasteiger partial charge in [0.05, 0.1) is 12.6 Å². The SMILES string of the molecule is COc1cc(C=O)c2[nH]c3c(C)ccc(C)c3c2c1. The molecular weight excluding hydrogens is 238 g/mol. The van der Waals surface area contributed by atoms with Gasteiger partial charge in [0.25, 0.3) is 0 Å². The average molecular weight is 253 g/mol. The Hall–Kier alpha value is -2.29. The van der Waals surface area contributed by atoms with E-state index in [1.807, 2.05) is 6.07 Å². The third-order valence-electron chi connectivity index (χ3n) is 3.65. The molecule has 0 aliphatic carbocycles. The van der Waals surface area contributed by atoms with Gasteiger partial charge in [0.1, 0.15) is 5.75 Å². The first-order valence-electron chi connectivity index (χ1n) is 6.20. The highest BCUT2D eigenvalue weighted by molar-refractivity contribution is 6.14. The molecule has 0 atom stereocenters. The maximum atomic E-state index is 11.3. The van der Waals surface area contributed by atoms with Gasteiger partial charge in [-0.1, -0.05) is 12.1 Å². The molecule has 0 radical (unpaired) electrons. The number of aryl methyl sites for hydroxylation is 2. The van der Waals surface area contributed by atoms with Crippen molar-refractivity contribution in [2.75, 3.05) is 7.11 Å². The van der Waals surface area contributed by atoms with Crippen LogP contribution in [0.5, 0.6) is 5.75 Å². The quantitative estimate of drug-likeness (QED) is 0.706. The van der Waals surface area contributed by atoms with Gasteiger partial charge in [-0.2, -0.15) is 0 Å². The molecule has 19 heavy (non-hydrogen) atoms. The monoisotopic (exact) mass is 253 g/mol.